The third-order valence-corrected chi connectivity index (χ3v) is 1.60. The second-order valence-corrected chi connectivity index (χ2v) is 2.36. The maximum absolute atomic E-state index is 10.7. The number of hydrazine groups is 1. The maximum atomic E-state index is 10.7. The van der Waals surface area contributed by atoms with Crippen LogP contribution in [0, 0.1) is 0 Å². The first-order valence-corrected chi connectivity index (χ1v) is 3.57. The Bertz CT molecular complexity index is 325. The lowest BCUT2D eigenvalue weighted by molar-refractivity contribution is 0.0693. The van der Waals surface area contributed by atoms with E-state index in [1.807, 2.05) is 0 Å². The molecule has 0 unspecified atom stereocenters. The number of rotatable bonds is 3. The summed E-state index contributed by atoms with van der Waals surface area (Å²) in [5.41, 5.74) is 2.96. The number of hydrogen-bond donors (Lipinski definition) is 3. The van der Waals surface area contributed by atoms with Crippen LogP contribution in [0.4, 0.5) is 5.69 Å². The van der Waals surface area contributed by atoms with E-state index < -0.39 is 5.97 Å². The SMILES string of the molecule is COc1ccc(NN)cc1C(=O)O. The lowest BCUT2D eigenvalue weighted by Crippen LogP contribution is -2.08. The normalized spacial score (nSPS) is 9.38. The first-order valence-electron chi connectivity index (χ1n) is 3.57. The highest BCUT2D eigenvalue weighted by molar-refractivity contribution is 5.92. The smallest absolute Gasteiger partial charge is 0.339 e. The number of nitrogens with one attached hydrogen (secondary N) is 1. The zero-order valence-electron chi connectivity index (χ0n) is 7.07. The first kappa shape index (κ1) is 9.34. The van der Waals surface area contributed by atoms with Crippen LogP contribution in [-0.2, 0) is 0 Å². The van der Waals surface area contributed by atoms with Gasteiger partial charge >= 0.3 is 5.97 Å². The molecule has 0 fully saturated rings. The van der Waals surface area contributed by atoms with Crippen molar-refractivity contribution in [2.45, 2.75) is 0 Å². The van der Waals surface area contributed by atoms with Crippen molar-refractivity contribution in [3.05, 3.63) is 23.8 Å². The average Bonchev–Trinajstić information content (AvgIpc) is 2.16. The van der Waals surface area contributed by atoms with E-state index in [0.717, 1.165) is 0 Å². The molecule has 5 heteroatoms. The van der Waals surface area contributed by atoms with Gasteiger partial charge in [0.15, 0.2) is 0 Å². The molecule has 0 atom stereocenters. The molecule has 0 aromatic heterocycles. The molecule has 0 aliphatic rings. The predicted molar refractivity (Wildman–Crippen MR) is 47.8 cm³/mol. The highest BCUT2D eigenvalue weighted by Gasteiger charge is 2.10. The van der Waals surface area contributed by atoms with E-state index in [0.29, 0.717) is 11.4 Å². The molecule has 0 aliphatic heterocycles. The van der Waals surface area contributed by atoms with E-state index in [-0.39, 0.29) is 5.56 Å². The average molecular weight is 182 g/mol. The molecule has 70 valence electrons. The van der Waals surface area contributed by atoms with Crippen molar-refractivity contribution < 1.29 is 14.6 Å². The van der Waals surface area contributed by atoms with E-state index in [2.05, 4.69) is 5.43 Å². The molecule has 0 radical (unpaired) electrons. The molecular formula is C8H10N2O3. The number of aromatic carboxylic acids is 1. The molecule has 1 rings (SSSR count). The molecule has 5 nitrogen and oxygen atoms in total. The highest BCUT2D eigenvalue weighted by Crippen LogP contribution is 2.21. The van der Waals surface area contributed by atoms with E-state index in [9.17, 15) is 4.79 Å². The zero-order chi connectivity index (χ0) is 9.84. The maximum Gasteiger partial charge on any atom is 0.339 e. The summed E-state index contributed by atoms with van der Waals surface area (Å²) in [5, 5.41) is 8.77. The fourth-order valence-electron chi connectivity index (χ4n) is 0.965. The fourth-order valence-corrected chi connectivity index (χ4v) is 0.965. The van der Waals surface area contributed by atoms with Crippen molar-refractivity contribution in [3.63, 3.8) is 0 Å². The van der Waals surface area contributed by atoms with Gasteiger partial charge in [0, 0.05) is 5.69 Å². The van der Waals surface area contributed by atoms with Crippen molar-refractivity contribution in [1.29, 1.82) is 0 Å². The van der Waals surface area contributed by atoms with Crippen molar-refractivity contribution in [2.24, 2.45) is 5.84 Å². The molecule has 0 aliphatic carbocycles. The topological polar surface area (TPSA) is 84.6 Å². The molecule has 0 bridgehead atoms. The van der Waals surface area contributed by atoms with Gasteiger partial charge < -0.3 is 15.3 Å². The molecule has 1 aromatic carbocycles. The van der Waals surface area contributed by atoms with E-state index in [1.54, 1.807) is 12.1 Å². The molecular weight excluding hydrogens is 172 g/mol. The quantitative estimate of drug-likeness (QED) is 0.472. The van der Waals surface area contributed by atoms with E-state index in [4.69, 9.17) is 15.7 Å². The molecule has 0 amide bonds. The summed E-state index contributed by atoms with van der Waals surface area (Å²) in [6.45, 7) is 0. The standard InChI is InChI=1S/C8H10N2O3/c1-13-7-3-2-5(10-9)4-6(7)8(11)12/h2-4,10H,9H2,1H3,(H,11,12). The molecule has 0 saturated heterocycles. The van der Waals surface area contributed by atoms with Crippen LogP contribution < -0.4 is 16.0 Å². The molecule has 0 saturated carbocycles. The van der Waals surface area contributed by atoms with Crippen molar-refractivity contribution in [1.82, 2.24) is 0 Å². The Labute approximate surface area is 75.1 Å². The largest absolute Gasteiger partial charge is 0.496 e. The highest BCUT2D eigenvalue weighted by atomic mass is 16.5. The monoisotopic (exact) mass is 182 g/mol. The van der Waals surface area contributed by atoms with Gasteiger partial charge in [-0.2, -0.15) is 0 Å². The summed E-state index contributed by atoms with van der Waals surface area (Å²) < 4.78 is 4.86. The van der Waals surface area contributed by atoms with Gasteiger partial charge in [-0.15, -0.1) is 0 Å². The number of methoxy groups -OCH3 is 1. The number of carbonyl (C=O) groups is 1. The summed E-state index contributed by atoms with van der Waals surface area (Å²) in [6.07, 6.45) is 0. The van der Waals surface area contributed by atoms with Gasteiger partial charge in [0.1, 0.15) is 11.3 Å². The van der Waals surface area contributed by atoms with Crippen LogP contribution in [-0.4, -0.2) is 18.2 Å². The minimum absolute atomic E-state index is 0.0814. The summed E-state index contributed by atoms with van der Waals surface area (Å²) in [6, 6.07) is 4.57. The molecule has 1 aromatic rings. The minimum Gasteiger partial charge on any atom is -0.496 e. The van der Waals surface area contributed by atoms with Gasteiger partial charge in [0.05, 0.1) is 7.11 Å². The van der Waals surface area contributed by atoms with Crippen LogP contribution in [0.25, 0.3) is 0 Å². The van der Waals surface area contributed by atoms with Crippen LogP contribution in [0.5, 0.6) is 5.75 Å². The van der Waals surface area contributed by atoms with Gasteiger partial charge in [-0.1, -0.05) is 0 Å². The van der Waals surface area contributed by atoms with Gasteiger partial charge in [-0.25, -0.2) is 4.79 Å². The Hall–Kier alpha value is -1.75. The number of nitrogen functional groups attached to an aromatic ring is 1. The number of hydrogen-bond acceptors (Lipinski definition) is 4. The summed E-state index contributed by atoms with van der Waals surface area (Å²) >= 11 is 0. The number of ether oxygens (including phenoxy) is 1. The fraction of sp³-hybridized carbons (Fsp3) is 0.125. The lowest BCUT2D eigenvalue weighted by atomic mass is 10.2. The van der Waals surface area contributed by atoms with Crippen LogP contribution in [0.2, 0.25) is 0 Å². The Morgan fingerprint density at radius 3 is 2.77 bits per heavy atom. The van der Waals surface area contributed by atoms with Gasteiger partial charge in [-0.05, 0) is 18.2 Å². The van der Waals surface area contributed by atoms with E-state index >= 15 is 0 Å². The molecule has 13 heavy (non-hydrogen) atoms. The van der Waals surface area contributed by atoms with Crippen LogP contribution in [0.3, 0.4) is 0 Å². The Kier molecular flexibility index (Phi) is 2.71. The van der Waals surface area contributed by atoms with Crippen LogP contribution >= 0.6 is 0 Å². The second kappa shape index (κ2) is 3.77. The van der Waals surface area contributed by atoms with Crippen molar-refractivity contribution >= 4 is 11.7 Å². The van der Waals surface area contributed by atoms with Gasteiger partial charge in [0.25, 0.3) is 0 Å². The van der Waals surface area contributed by atoms with Gasteiger partial charge in [-0.3, -0.25) is 5.84 Å². The summed E-state index contributed by atoms with van der Waals surface area (Å²) in [4.78, 5) is 10.7. The summed E-state index contributed by atoms with van der Waals surface area (Å²) in [7, 11) is 1.41. The minimum atomic E-state index is -1.05. The zero-order valence-corrected chi connectivity index (χ0v) is 7.07. The van der Waals surface area contributed by atoms with Crippen molar-refractivity contribution in [2.75, 3.05) is 12.5 Å². The third-order valence-electron chi connectivity index (χ3n) is 1.60. The first-order chi connectivity index (χ1) is 6.19. The Morgan fingerprint density at radius 1 is 1.62 bits per heavy atom. The number of carboxylic acids is 1. The molecule has 4 N–H and O–H groups in total. The van der Waals surface area contributed by atoms with Gasteiger partial charge in [0.2, 0.25) is 0 Å². The third kappa shape index (κ3) is 1.88. The second-order valence-electron chi connectivity index (χ2n) is 2.36. The lowest BCUT2D eigenvalue weighted by Gasteiger charge is -2.06. The number of carboxylic acid groups (broad SMARTS) is 1. The Balaban J connectivity index is 3.18. The number of anilines is 1. The molecule has 0 spiro atoms. The number of nitrogens with two attached hydrogens (primary N) is 1. The van der Waals surface area contributed by atoms with Crippen LogP contribution in [0.15, 0.2) is 18.2 Å². The van der Waals surface area contributed by atoms with E-state index in [1.165, 1.54) is 13.2 Å². The predicted octanol–water partition coefficient (Wildman–Crippen LogP) is 0.679. The van der Waals surface area contributed by atoms with Crippen molar-refractivity contribution in [3.8, 4) is 5.75 Å². The summed E-state index contributed by atoms with van der Waals surface area (Å²) in [5.74, 6) is 4.39. The van der Waals surface area contributed by atoms with Crippen LogP contribution in [0.1, 0.15) is 10.4 Å². The number of benzene rings is 1. The Morgan fingerprint density at radius 2 is 2.31 bits per heavy atom. The molecule has 0 heterocycles.